The standard InChI is InChI=1S/C7H3F5INO/c8-5(9)4-2(7(10,11)12)1-3(15)14-6(4)13/h1,5H,(H,14,15). The molecule has 0 aliphatic carbocycles. The van der Waals surface area contributed by atoms with E-state index in [1.165, 1.54) is 22.6 Å². The van der Waals surface area contributed by atoms with E-state index in [1.807, 2.05) is 4.98 Å². The van der Waals surface area contributed by atoms with Crippen LogP contribution in [0, 0.1) is 3.70 Å². The summed E-state index contributed by atoms with van der Waals surface area (Å²) >= 11 is 1.23. The van der Waals surface area contributed by atoms with E-state index in [4.69, 9.17) is 0 Å². The van der Waals surface area contributed by atoms with Crippen molar-refractivity contribution in [3.8, 4) is 0 Å². The van der Waals surface area contributed by atoms with Crippen LogP contribution in [0.1, 0.15) is 17.6 Å². The number of nitrogens with one attached hydrogen (secondary N) is 1. The van der Waals surface area contributed by atoms with Gasteiger partial charge >= 0.3 is 6.18 Å². The van der Waals surface area contributed by atoms with Crippen LogP contribution in [-0.2, 0) is 6.18 Å². The molecule has 0 bridgehead atoms. The van der Waals surface area contributed by atoms with Gasteiger partial charge in [-0.2, -0.15) is 13.2 Å². The van der Waals surface area contributed by atoms with Gasteiger partial charge in [-0.05, 0) is 22.6 Å². The first-order chi connectivity index (χ1) is 6.73. The minimum Gasteiger partial charge on any atom is -0.317 e. The molecule has 15 heavy (non-hydrogen) atoms. The number of pyridine rings is 1. The van der Waals surface area contributed by atoms with Crippen LogP contribution in [0.5, 0.6) is 0 Å². The highest BCUT2D eigenvalue weighted by Gasteiger charge is 2.37. The Morgan fingerprint density at radius 1 is 1.33 bits per heavy atom. The lowest BCUT2D eigenvalue weighted by atomic mass is 10.1. The van der Waals surface area contributed by atoms with Gasteiger partial charge in [0.15, 0.2) is 0 Å². The Kier molecular flexibility index (Phi) is 3.36. The third kappa shape index (κ3) is 2.67. The molecule has 0 saturated heterocycles. The van der Waals surface area contributed by atoms with Crippen LogP contribution in [0.4, 0.5) is 22.0 Å². The molecule has 2 nitrogen and oxygen atoms in total. The number of hydrogen-bond donors (Lipinski definition) is 1. The predicted octanol–water partition coefficient (Wildman–Crippen LogP) is 2.94. The van der Waals surface area contributed by atoms with E-state index in [0.29, 0.717) is 0 Å². The van der Waals surface area contributed by atoms with E-state index in [9.17, 15) is 26.7 Å². The summed E-state index contributed by atoms with van der Waals surface area (Å²) in [6.45, 7) is 0. The maximum atomic E-state index is 12.3. The Morgan fingerprint density at radius 3 is 2.27 bits per heavy atom. The van der Waals surface area contributed by atoms with E-state index < -0.39 is 33.0 Å². The fourth-order valence-electron chi connectivity index (χ4n) is 0.987. The van der Waals surface area contributed by atoms with Gasteiger partial charge in [0.25, 0.3) is 6.43 Å². The highest BCUT2D eigenvalue weighted by atomic mass is 127. The number of aromatic nitrogens is 1. The Labute approximate surface area is 93.6 Å². The number of hydrogen-bond acceptors (Lipinski definition) is 1. The lowest BCUT2D eigenvalue weighted by Gasteiger charge is -2.12. The monoisotopic (exact) mass is 339 g/mol. The van der Waals surface area contributed by atoms with Crippen molar-refractivity contribution in [3.63, 3.8) is 0 Å². The zero-order chi connectivity index (χ0) is 11.8. The molecule has 1 heterocycles. The number of alkyl halides is 5. The normalized spacial score (nSPS) is 12.2. The minimum atomic E-state index is -4.96. The van der Waals surface area contributed by atoms with Crippen molar-refractivity contribution in [1.82, 2.24) is 4.98 Å². The van der Waals surface area contributed by atoms with Gasteiger partial charge in [0.1, 0.15) is 0 Å². The molecule has 84 valence electrons. The molecule has 0 aliphatic rings. The van der Waals surface area contributed by atoms with E-state index in [2.05, 4.69) is 0 Å². The zero-order valence-corrected chi connectivity index (χ0v) is 8.99. The van der Waals surface area contributed by atoms with Gasteiger partial charge in [0.05, 0.1) is 14.8 Å². The molecular weight excluding hydrogens is 336 g/mol. The molecule has 1 N–H and O–H groups in total. The van der Waals surface area contributed by atoms with Crippen LogP contribution < -0.4 is 5.56 Å². The number of H-pyrrole nitrogens is 1. The Bertz CT molecular complexity index is 424. The van der Waals surface area contributed by atoms with E-state index >= 15 is 0 Å². The second kappa shape index (κ2) is 4.06. The molecule has 0 amide bonds. The molecule has 0 radical (unpaired) electrons. The van der Waals surface area contributed by atoms with Crippen molar-refractivity contribution >= 4 is 22.6 Å². The second-order valence-corrected chi connectivity index (χ2v) is 3.65. The summed E-state index contributed by atoms with van der Waals surface area (Å²) in [5.41, 5.74) is -3.84. The highest BCUT2D eigenvalue weighted by molar-refractivity contribution is 14.1. The molecule has 0 atom stereocenters. The summed E-state index contributed by atoms with van der Waals surface area (Å²) in [6.07, 6.45) is -8.25. The quantitative estimate of drug-likeness (QED) is 0.476. The van der Waals surface area contributed by atoms with Gasteiger partial charge < -0.3 is 4.98 Å². The predicted molar refractivity (Wildman–Crippen MR) is 49.7 cm³/mol. The van der Waals surface area contributed by atoms with Gasteiger partial charge in [-0.15, -0.1) is 0 Å². The van der Waals surface area contributed by atoms with Crippen molar-refractivity contribution in [2.24, 2.45) is 0 Å². The van der Waals surface area contributed by atoms with E-state index in [0.717, 1.165) is 0 Å². The minimum absolute atomic E-state index is 0.129. The Morgan fingerprint density at radius 2 is 1.87 bits per heavy atom. The molecule has 0 aromatic carbocycles. The van der Waals surface area contributed by atoms with Crippen LogP contribution >= 0.6 is 22.6 Å². The fourth-order valence-corrected chi connectivity index (χ4v) is 1.78. The van der Waals surface area contributed by atoms with Gasteiger partial charge in [-0.3, -0.25) is 4.79 Å². The zero-order valence-electron chi connectivity index (χ0n) is 6.83. The average molecular weight is 339 g/mol. The molecule has 0 saturated carbocycles. The summed E-state index contributed by atoms with van der Waals surface area (Å²) in [5, 5.41) is 0. The summed E-state index contributed by atoms with van der Waals surface area (Å²) in [7, 11) is 0. The summed E-state index contributed by atoms with van der Waals surface area (Å²) in [6, 6.07) is 0.129. The molecule has 0 unspecified atom stereocenters. The largest absolute Gasteiger partial charge is 0.417 e. The topological polar surface area (TPSA) is 32.9 Å². The molecule has 0 spiro atoms. The van der Waals surface area contributed by atoms with Crippen molar-refractivity contribution in [1.29, 1.82) is 0 Å². The second-order valence-electron chi connectivity index (χ2n) is 2.57. The first-order valence-electron chi connectivity index (χ1n) is 3.51. The van der Waals surface area contributed by atoms with Crippen LogP contribution in [0.3, 0.4) is 0 Å². The van der Waals surface area contributed by atoms with Gasteiger partial charge in [-0.1, -0.05) is 0 Å². The maximum Gasteiger partial charge on any atom is 0.417 e. The van der Waals surface area contributed by atoms with E-state index in [1.54, 1.807) is 0 Å². The van der Waals surface area contributed by atoms with Crippen molar-refractivity contribution in [2.45, 2.75) is 12.6 Å². The summed E-state index contributed by atoms with van der Waals surface area (Å²) in [4.78, 5) is 12.6. The smallest absolute Gasteiger partial charge is 0.317 e. The van der Waals surface area contributed by atoms with Crippen LogP contribution in [0.25, 0.3) is 0 Å². The number of halogens is 6. The Balaban J connectivity index is 3.55. The molecule has 1 rings (SSSR count). The number of rotatable bonds is 1. The van der Waals surface area contributed by atoms with Crippen molar-refractivity contribution in [3.05, 3.63) is 31.2 Å². The molecule has 0 aliphatic heterocycles. The van der Waals surface area contributed by atoms with Crippen LogP contribution in [0.2, 0.25) is 0 Å². The molecule has 8 heteroatoms. The lowest BCUT2D eigenvalue weighted by molar-refractivity contribution is -0.139. The van der Waals surface area contributed by atoms with Crippen LogP contribution in [-0.4, -0.2) is 4.98 Å². The number of aromatic amines is 1. The summed E-state index contributed by atoms with van der Waals surface area (Å²) < 4.78 is 61.0. The maximum absolute atomic E-state index is 12.3. The first-order valence-corrected chi connectivity index (χ1v) is 4.59. The van der Waals surface area contributed by atoms with Gasteiger partial charge in [0.2, 0.25) is 5.56 Å². The van der Waals surface area contributed by atoms with Crippen LogP contribution in [0.15, 0.2) is 10.9 Å². The third-order valence-corrected chi connectivity index (χ3v) is 2.41. The average Bonchev–Trinajstić information content (AvgIpc) is 1.99. The summed E-state index contributed by atoms with van der Waals surface area (Å²) in [5.74, 6) is 0. The molecule has 1 aromatic heterocycles. The van der Waals surface area contributed by atoms with Crippen molar-refractivity contribution < 1.29 is 22.0 Å². The SMILES string of the molecule is O=c1cc(C(F)(F)F)c(C(F)F)c(I)[nH]1. The fraction of sp³-hybridized carbons (Fsp3) is 0.286. The Hall–Kier alpha value is -0.670. The lowest BCUT2D eigenvalue weighted by Crippen LogP contribution is -2.18. The van der Waals surface area contributed by atoms with Gasteiger partial charge in [0, 0.05) is 6.07 Å². The van der Waals surface area contributed by atoms with Gasteiger partial charge in [-0.25, -0.2) is 8.78 Å². The van der Waals surface area contributed by atoms with Crippen molar-refractivity contribution in [2.75, 3.05) is 0 Å². The highest BCUT2D eigenvalue weighted by Crippen LogP contribution is 2.36. The molecular formula is C7H3F5INO. The molecule has 1 aromatic rings. The molecule has 0 fully saturated rings. The van der Waals surface area contributed by atoms with E-state index in [-0.39, 0.29) is 6.07 Å². The first kappa shape index (κ1) is 12.4. The third-order valence-electron chi connectivity index (χ3n) is 1.56.